The summed E-state index contributed by atoms with van der Waals surface area (Å²) in [5.41, 5.74) is 9.02. The minimum atomic E-state index is 0.439. The SMILES string of the molecule is CCC(=CN)c1nc(NCc2ccc(C(C)C)nc2)cc(N2CCCCC2)n1. The third-order valence-corrected chi connectivity index (χ3v) is 5.17. The molecule has 6 nitrogen and oxygen atoms in total. The van der Waals surface area contributed by atoms with E-state index in [9.17, 15) is 0 Å². The zero-order valence-electron chi connectivity index (χ0n) is 17.3. The van der Waals surface area contributed by atoms with Gasteiger partial charge in [-0.25, -0.2) is 9.97 Å². The first-order chi connectivity index (χ1) is 13.6. The summed E-state index contributed by atoms with van der Waals surface area (Å²) in [6.07, 6.45) is 8.08. The highest BCUT2D eigenvalue weighted by Gasteiger charge is 2.16. The molecular formula is C22H32N6. The topological polar surface area (TPSA) is 80.0 Å². The average molecular weight is 381 g/mol. The van der Waals surface area contributed by atoms with E-state index in [0.717, 1.165) is 48.0 Å². The van der Waals surface area contributed by atoms with Crippen LogP contribution in [-0.2, 0) is 6.54 Å². The number of piperidine rings is 1. The quantitative estimate of drug-likeness (QED) is 0.745. The van der Waals surface area contributed by atoms with Crippen LogP contribution in [0.2, 0.25) is 0 Å². The second kappa shape index (κ2) is 9.53. The lowest BCUT2D eigenvalue weighted by Gasteiger charge is -2.28. The van der Waals surface area contributed by atoms with Crippen molar-refractivity contribution in [1.82, 2.24) is 15.0 Å². The fourth-order valence-electron chi connectivity index (χ4n) is 3.38. The number of nitrogens with zero attached hydrogens (tertiary/aromatic N) is 4. The van der Waals surface area contributed by atoms with Gasteiger partial charge >= 0.3 is 0 Å². The number of anilines is 2. The van der Waals surface area contributed by atoms with Crippen LogP contribution in [0.3, 0.4) is 0 Å². The first-order valence-electron chi connectivity index (χ1n) is 10.3. The van der Waals surface area contributed by atoms with Crippen LogP contribution in [0, 0.1) is 0 Å². The van der Waals surface area contributed by atoms with E-state index < -0.39 is 0 Å². The Balaban J connectivity index is 1.81. The molecule has 0 aromatic carbocycles. The third-order valence-electron chi connectivity index (χ3n) is 5.17. The standard InChI is InChI=1S/C22H32N6/c1-4-18(13-23)22-26-20(12-21(27-22)28-10-6-5-7-11-28)25-15-17-8-9-19(16(2)3)24-14-17/h8-9,12-14,16H,4-7,10-11,15,23H2,1-3H3,(H,25,26,27). The first kappa shape index (κ1) is 20.1. The Hall–Kier alpha value is -2.63. The van der Waals surface area contributed by atoms with E-state index in [-0.39, 0.29) is 0 Å². The monoisotopic (exact) mass is 380 g/mol. The molecule has 0 aliphatic carbocycles. The lowest BCUT2D eigenvalue weighted by atomic mass is 10.1. The predicted octanol–water partition coefficient (Wildman–Crippen LogP) is 4.31. The summed E-state index contributed by atoms with van der Waals surface area (Å²) in [6, 6.07) is 6.27. The molecule has 1 saturated heterocycles. The second-order valence-electron chi connectivity index (χ2n) is 7.63. The molecule has 0 bridgehead atoms. The predicted molar refractivity (Wildman–Crippen MR) is 116 cm³/mol. The lowest BCUT2D eigenvalue weighted by molar-refractivity contribution is 0.573. The Morgan fingerprint density at radius 3 is 2.61 bits per heavy atom. The van der Waals surface area contributed by atoms with Crippen molar-refractivity contribution in [1.29, 1.82) is 0 Å². The van der Waals surface area contributed by atoms with Crippen LogP contribution in [0.1, 0.15) is 69.5 Å². The maximum Gasteiger partial charge on any atom is 0.161 e. The summed E-state index contributed by atoms with van der Waals surface area (Å²) < 4.78 is 0. The molecule has 3 N–H and O–H groups in total. The van der Waals surface area contributed by atoms with E-state index in [1.807, 2.05) is 6.20 Å². The van der Waals surface area contributed by atoms with Crippen LogP contribution in [0.4, 0.5) is 11.6 Å². The minimum absolute atomic E-state index is 0.439. The van der Waals surface area contributed by atoms with Crippen LogP contribution in [0.25, 0.3) is 5.57 Å². The van der Waals surface area contributed by atoms with Gasteiger partial charge in [-0.3, -0.25) is 4.98 Å². The van der Waals surface area contributed by atoms with E-state index in [4.69, 9.17) is 15.7 Å². The number of nitrogens with two attached hydrogens (primary N) is 1. The zero-order chi connectivity index (χ0) is 19.9. The smallest absolute Gasteiger partial charge is 0.161 e. The van der Waals surface area contributed by atoms with Gasteiger partial charge in [0.1, 0.15) is 11.6 Å². The molecule has 0 atom stereocenters. The average Bonchev–Trinajstić information content (AvgIpc) is 2.74. The van der Waals surface area contributed by atoms with Crippen molar-refractivity contribution in [3.8, 4) is 0 Å². The van der Waals surface area contributed by atoms with Gasteiger partial charge in [-0.2, -0.15) is 0 Å². The number of aromatic nitrogens is 3. The summed E-state index contributed by atoms with van der Waals surface area (Å²) in [7, 11) is 0. The van der Waals surface area contributed by atoms with Crippen molar-refractivity contribution in [3.63, 3.8) is 0 Å². The van der Waals surface area contributed by atoms with Crippen molar-refractivity contribution in [2.24, 2.45) is 5.73 Å². The Bertz CT molecular complexity index is 791. The summed E-state index contributed by atoms with van der Waals surface area (Å²) in [6.45, 7) is 9.15. The van der Waals surface area contributed by atoms with Gasteiger partial charge in [0, 0.05) is 49.4 Å². The fraction of sp³-hybridized carbons (Fsp3) is 0.500. The first-order valence-corrected chi connectivity index (χ1v) is 10.3. The molecule has 3 heterocycles. The van der Waals surface area contributed by atoms with E-state index >= 15 is 0 Å². The van der Waals surface area contributed by atoms with Crippen molar-refractivity contribution in [2.75, 3.05) is 23.3 Å². The molecule has 0 saturated carbocycles. The fourth-order valence-corrected chi connectivity index (χ4v) is 3.38. The number of hydrogen-bond donors (Lipinski definition) is 2. The van der Waals surface area contributed by atoms with E-state index in [1.54, 1.807) is 6.20 Å². The molecule has 2 aromatic rings. The van der Waals surface area contributed by atoms with E-state index in [2.05, 4.69) is 54.2 Å². The number of allylic oxidation sites excluding steroid dienone is 1. The van der Waals surface area contributed by atoms with E-state index in [1.165, 1.54) is 19.3 Å². The van der Waals surface area contributed by atoms with Crippen molar-refractivity contribution >= 4 is 17.2 Å². The molecule has 1 aliphatic rings. The molecule has 0 amide bonds. The largest absolute Gasteiger partial charge is 0.404 e. The lowest BCUT2D eigenvalue weighted by Crippen LogP contribution is -2.30. The van der Waals surface area contributed by atoms with Gasteiger partial charge < -0.3 is 16.0 Å². The van der Waals surface area contributed by atoms with Gasteiger partial charge in [-0.05, 0) is 43.2 Å². The Morgan fingerprint density at radius 1 is 1.21 bits per heavy atom. The molecular weight excluding hydrogens is 348 g/mol. The minimum Gasteiger partial charge on any atom is -0.404 e. The summed E-state index contributed by atoms with van der Waals surface area (Å²) in [5.74, 6) is 2.96. The molecule has 1 fully saturated rings. The van der Waals surface area contributed by atoms with Crippen LogP contribution in [0.5, 0.6) is 0 Å². The summed E-state index contributed by atoms with van der Waals surface area (Å²) in [4.78, 5) is 16.4. The van der Waals surface area contributed by atoms with Crippen LogP contribution < -0.4 is 16.0 Å². The van der Waals surface area contributed by atoms with Gasteiger partial charge in [0.2, 0.25) is 0 Å². The molecule has 0 spiro atoms. The second-order valence-corrected chi connectivity index (χ2v) is 7.63. The molecule has 0 radical (unpaired) electrons. The van der Waals surface area contributed by atoms with Crippen LogP contribution >= 0.6 is 0 Å². The normalized spacial score (nSPS) is 15.1. The van der Waals surface area contributed by atoms with Gasteiger partial charge in [0.25, 0.3) is 0 Å². The highest BCUT2D eigenvalue weighted by atomic mass is 15.2. The van der Waals surface area contributed by atoms with Gasteiger partial charge in [0.15, 0.2) is 5.82 Å². The van der Waals surface area contributed by atoms with E-state index in [0.29, 0.717) is 18.3 Å². The number of pyridine rings is 1. The third kappa shape index (κ3) is 5.00. The van der Waals surface area contributed by atoms with Crippen LogP contribution in [0.15, 0.2) is 30.6 Å². The zero-order valence-corrected chi connectivity index (χ0v) is 17.3. The summed E-state index contributed by atoms with van der Waals surface area (Å²) >= 11 is 0. The molecule has 6 heteroatoms. The Labute approximate surface area is 168 Å². The van der Waals surface area contributed by atoms with Crippen LogP contribution in [-0.4, -0.2) is 28.0 Å². The van der Waals surface area contributed by atoms with Gasteiger partial charge in [0.05, 0.1) is 0 Å². The number of hydrogen-bond acceptors (Lipinski definition) is 6. The molecule has 3 rings (SSSR count). The number of rotatable bonds is 7. The Morgan fingerprint density at radius 2 is 2.00 bits per heavy atom. The molecule has 28 heavy (non-hydrogen) atoms. The maximum absolute atomic E-state index is 5.81. The highest BCUT2D eigenvalue weighted by Crippen LogP contribution is 2.24. The molecule has 1 aliphatic heterocycles. The summed E-state index contributed by atoms with van der Waals surface area (Å²) in [5, 5.41) is 3.45. The highest BCUT2D eigenvalue weighted by molar-refractivity contribution is 5.63. The Kier molecular flexibility index (Phi) is 6.85. The maximum atomic E-state index is 5.81. The van der Waals surface area contributed by atoms with Gasteiger partial charge in [-0.15, -0.1) is 0 Å². The van der Waals surface area contributed by atoms with Gasteiger partial charge in [-0.1, -0.05) is 26.8 Å². The molecule has 150 valence electrons. The van der Waals surface area contributed by atoms with Crippen molar-refractivity contribution in [3.05, 3.63) is 47.7 Å². The molecule has 2 aromatic heterocycles. The van der Waals surface area contributed by atoms with Crippen molar-refractivity contribution < 1.29 is 0 Å². The molecule has 0 unspecified atom stereocenters. The number of nitrogens with one attached hydrogen (secondary N) is 1. The van der Waals surface area contributed by atoms with Crippen molar-refractivity contribution in [2.45, 2.75) is 58.9 Å².